The average molecular weight is 472 g/mol. The number of ether oxygens (including phenoxy) is 1. The van der Waals surface area contributed by atoms with Crippen molar-refractivity contribution in [3.63, 3.8) is 0 Å². The molecule has 8 nitrogen and oxygen atoms in total. The van der Waals surface area contributed by atoms with E-state index in [2.05, 4.69) is 0 Å². The summed E-state index contributed by atoms with van der Waals surface area (Å²) in [6.07, 6.45) is 2.29. The number of rotatable bonds is 6. The number of hydrogen-bond donors (Lipinski definition) is 0. The Labute approximate surface area is 189 Å². The first kappa shape index (κ1) is 24.0. The molecular weight excluding hydrogens is 442 g/mol. The van der Waals surface area contributed by atoms with Crippen molar-refractivity contribution in [2.75, 3.05) is 52.1 Å². The van der Waals surface area contributed by atoms with Crippen molar-refractivity contribution < 1.29 is 22.7 Å². The highest BCUT2D eigenvalue weighted by Crippen LogP contribution is 2.27. The minimum atomic E-state index is -3.21. The normalized spacial score (nSPS) is 20.4. The molecule has 0 N–H and O–H groups in total. The van der Waals surface area contributed by atoms with Gasteiger partial charge in [0.2, 0.25) is 15.9 Å². The molecule has 2 fully saturated rings. The molecule has 3 rings (SSSR count). The van der Waals surface area contributed by atoms with E-state index in [1.165, 1.54) is 10.6 Å². The van der Waals surface area contributed by atoms with E-state index >= 15 is 0 Å². The number of piperazine rings is 1. The summed E-state index contributed by atoms with van der Waals surface area (Å²) in [5, 5.41) is 0.601. The largest absolute Gasteiger partial charge is 0.465 e. The molecule has 2 heterocycles. The lowest BCUT2D eigenvalue weighted by molar-refractivity contribution is -0.151. The third-order valence-electron chi connectivity index (χ3n) is 5.96. The predicted molar refractivity (Wildman–Crippen MR) is 118 cm³/mol. The number of sulfonamides is 1. The number of carbonyl (C=O) groups is 2. The van der Waals surface area contributed by atoms with Gasteiger partial charge in [0, 0.05) is 50.2 Å². The van der Waals surface area contributed by atoms with E-state index in [-0.39, 0.29) is 17.8 Å². The Hall–Kier alpha value is -1.68. The third kappa shape index (κ3) is 5.97. The quantitative estimate of drug-likeness (QED) is 0.587. The molecule has 1 aromatic carbocycles. The van der Waals surface area contributed by atoms with Crippen molar-refractivity contribution in [3.8, 4) is 0 Å². The summed E-state index contributed by atoms with van der Waals surface area (Å²) in [5.41, 5.74) is 0.816. The lowest BCUT2D eigenvalue weighted by atomic mass is 9.96. The number of hydrogen-bond acceptors (Lipinski definition) is 6. The van der Waals surface area contributed by atoms with Gasteiger partial charge in [-0.2, -0.15) is 0 Å². The Bertz CT molecular complexity index is 877. The first-order valence-electron chi connectivity index (χ1n) is 10.6. The van der Waals surface area contributed by atoms with Crippen molar-refractivity contribution in [1.29, 1.82) is 0 Å². The van der Waals surface area contributed by atoms with E-state index in [4.69, 9.17) is 16.3 Å². The van der Waals surface area contributed by atoms with Crippen LogP contribution in [0.15, 0.2) is 24.3 Å². The Morgan fingerprint density at radius 3 is 2.16 bits per heavy atom. The van der Waals surface area contributed by atoms with Crippen LogP contribution in [0, 0.1) is 5.92 Å². The second kappa shape index (κ2) is 10.3. The Morgan fingerprint density at radius 1 is 1.06 bits per heavy atom. The molecule has 2 aliphatic heterocycles. The van der Waals surface area contributed by atoms with Crippen LogP contribution in [0.2, 0.25) is 5.02 Å². The zero-order valence-electron chi connectivity index (χ0n) is 18.0. The maximum absolute atomic E-state index is 13.0. The maximum atomic E-state index is 13.0. The topological polar surface area (TPSA) is 87.2 Å². The second-order valence-electron chi connectivity index (χ2n) is 8.00. The highest BCUT2D eigenvalue weighted by atomic mass is 35.5. The van der Waals surface area contributed by atoms with Crippen LogP contribution in [0.1, 0.15) is 31.4 Å². The van der Waals surface area contributed by atoms with Crippen LogP contribution in [0.4, 0.5) is 0 Å². The Kier molecular flexibility index (Phi) is 7.96. The van der Waals surface area contributed by atoms with Crippen LogP contribution in [0.3, 0.4) is 0 Å². The zero-order valence-corrected chi connectivity index (χ0v) is 19.6. The van der Waals surface area contributed by atoms with Gasteiger partial charge in [0.25, 0.3) is 0 Å². The lowest BCUT2D eigenvalue weighted by Crippen LogP contribution is -2.53. The van der Waals surface area contributed by atoms with Gasteiger partial charge in [-0.05, 0) is 37.5 Å². The Balaban J connectivity index is 1.61. The fourth-order valence-corrected chi connectivity index (χ4v) is 5.26. The number of carbonyl (C=O) groups excluding carboxylic acids is 2. The summed E-state index contributed by atoms with van der Waals surface area (Å²) < 4.78 is 30.1. The van der Waals surface area contributed by atoms with Gasteiger partial charge in [0.1, 0.15) is 6.04 Å². The van der Waals surface area contributed by atoms with Gasteiger partial charge in [-0.3, -0.25) is 9.69 Å². The van der Waals surface area contributed by atoms with Crippen LogP contribution in [-0.4, -0.2) is 86.5 Å². The van der Waals surface area contributed by atoms with E-state index in [9.17, 15) is 18.0 Å². The molecule has 2 saturated heterocycles. The van der Waals surface area contributed by atoms with Crippen LogP contribution in [0.25, 0.3) is 0 Å². The molecule has 31 heavy (non-hydrogen) atoms. The number of piperidine rings is 1. The summed E-state index contributed by atoms with van der Waals surface area (Å²) in [4.78, 5) is 29.5. The Morgan fingerprint density at radius 2 is 1.65 bits per heavy atom. The molecule has 0 aliphatic carbocycles. The highest BCUT2D eigenvalue weighted by molar-refractivity contribution is 7.88. The van der Waals surface area contributed by atoms with Crippen LogP contribution >= 0.6 is 11.6 Å². The molecule has 0 radical (unpaired) electrons. The SMILES string of the molecule is CCOC(=O)[C@H](c1ccc(Cl)cc1)N1CCN(C(=O)C2CCN(S(C)(=O)=O)CC2)CC1. The first-order chi connectivity index (χ1) is 14.7. The monoisotopic (exact) mass is 471 g/mol. The fraction of sp³-hybridized carbons (Fsp3) is 0.619. The summed E-state index contributed by atoms with van der Waals surface area (Å²) in [7, 11) is -3.21. The first-order valence-corrected chi connectivity index (χ1v) is 12.8. The van der Waals surface area contributed by atoms with Gasteiger partial charge in [-0.25, -0.2) is 17.5 Å². The number of benzene rings is 1. The molecule has 0 unspecified atom stereocenters. The maximum Gasteiger partial charge on any atom is 0.328 e. The molecular formula is C21H30ClN3O5S. The second-order valence-corrected chi connectivity index (χ2v) is 10.4. The van der Waals surface area contributed by atoms with Crippen molar-refractivity contribution in [1.82, 2.24) is 14.1 Å². The minimum Gasteiger partial charge on any atom is -0.465 e. The number of nitrogens with zero attached hydrogens (tertiary/aromatic N) is 3. The minimum absolute atomic E-state index is 0.0759. The summed E-state index contributed by atoms with van der Waals surface area (Å²) in [6.45, 7) is 5.01. The van der Waals surface area contributed by atoms with Gasteiger partial charge in [-0.1, -0.05) is 23.7 Å². The molecule has 0 saturated carbocycles. The molecule has 0 spiro atoms. The zero-order chi connectivity index (χ0) is 22.6. The van der Waals surface area contributed by atoms with Crippen molar-refractivity contribution in [2.45, 2.75) is 25.8 Å². The highest BCUT2D eigenvalue weighted by Gasteiger charge is 2.36. The molecule has 172 valence electrons. The van der Waals surface area contributed by atoms with Crippen LogP contribution < -0.4 is 0 Å². The molecule has 1 aromatic rings. The number of halogens is 1. The average Bonchev–Trinajstić information content (AvgIpc) is 2.75. The molecule has 2 aliphatic rings. The van der Waals surface area contributed by atoms with Crippen LogP contribution in [0.5, 0.6) is 0 Å². The molecule has 1 amide bonds. The molecule has 1 atom stereocenters. The van der Waals surface area contributed by atoms with Gasteiger partial charge < -0.3 is 9.64 Å². The summed E-state index contributed by atoms with van der Waals surface area (Å²) >= 11 is 5.99. The van der Waals surface area contributed by atoms with E-state index in [1.807, 2.05) is 21.9 Å². The lowest BCUT2D eigenvalue weighted by Gasteiger charge is -2.40. The van der Waals surface area contributed by atoms with Gasteiger partial charge in [0.15, 0.2) is 0 Å². The fourth-order valence-electron chi connectivity index (χ4n) is 4.26. The predicted octanol–water partition coefficient (Wildman–Crippen LogP) is 1.76. The van der Waals surface area contributed by atoms with Crippen molar-refractivity contribution in [3.05, 3.63) is 34.9 Å². The smallest absolute Gasteiger partial charge is 0.328 e. The summed E-state index contributed by atoms with van der Waals surface area (Å²) in [5.74, 6) is -0.383. The summed E-state index contributed by atoms with van der Waals surface area (Å²) in [6, 6.07) is 6.64. The van der Waals surface area contributed by atoms with Gasteiger partial charge in [-0.15, -0.1) is 0 Å². The number of amides is 1. The van der Waals surface area contributed by atoms with E-state index in [1.54, 1.807) is 19.1 Å². The molecule has 10 heteroatoms. The third-order valence-corrected chi connectivity index (χ3v) is 7.51. The molecule has 0 bridgehead atoms. The van der Waals surface area contributed by atoms with Crippen LogP contribution in [-0.2, 0) is 24.3 Å². The van der Waals surface area contributed by atoms with Gasteiger partial charge in [0.05, 0.1) is 12.9 Å². The van der Waals surface area contributed by atoms with E-state index < -0.39 is 16.1 Å². The standard InChI is InChI=1S/C21H30ClN3O5S/c1-3-30-21(27)19(16-4-6-18(22)7-5-16)23-12-14-24(15-13-23)20(26)17-8-10-25(11-9-17)31(2,28)29/h4-7,17,19H,3,8-15H2,1-2H3/t19-/m0/s1. The van der Waals surface area contributed by atoms with Gasteiger partial charge >= 0.3 is 5.97 Å². The molecule has 0 aromatic heterocycles. The van der Waals surface area contributed by atoms with E-state index in [0.29, 0.717) is 63.7 Å². The van der Waals surface area contributed by atoms with Crippen molar-refractivity contribution in [2.24, 2.45) is 5.92 Å². The van der Waals surface area contributed by atoms with Crippen molar-refractivity contribution >= 4 is 33.5 Å². The number of esters is 1. The van der Waals surface area contributed by atoms with E-state index in [0.717, 1.165) is 5.56 Å².